The first-order valence-corrected chi connectivity index (χ1v) is 9.57. The Kier molecular flexibility index (Phi) is 8.21. The molecular weight excluding hydrogens is 352 g/mol. The van der Waals surface area contributed by atoms with Crippen molar-refractivity contribution in [2.45, 2.75) is 49.5 Å². The number of primary amides is 1. The molecule has 0 bridgehead atoms. The normalized spacial score (nSPS) is 16.4. The molecule has 1 amide bonds. The molecule has 2 rings (SSSR count). The van der Waals surface area contributed by atoms with Crippen molar-refractivity contribution in [3.05, 3.63) is 18.0 Å². The van der Waals surface area contributed by atoms with Crippen molar-refractivity contribution in [2.75, 3.05) is 13.1 Å². The highest BCUT2D eigenvalue weighted by Crippen LogP contribution is 2.17. The molecule has 1 aliphatic carbocycles. The van der Waals surface area contributed by atoms with E-state index in [1.54, 1.807) is 7.05 Å². The molecule has 138 valence electrons. The highest BCUT2D eigenvalue weighted by atomic mass is 35.5. The number of hydrogen-bond acceptors (Lipinski definition) is 4. The van der Waals surface area contributed by atoms with Crippen molar-refractivity contribution in [1.82, 2.24) is 14.6 Å². The minimum absolute atomic E-state index is 0. The number of hydrogen-bond donors (Lipinski definition) is 3. The third kappa shape index (κ3) is 5.77. The average Bonchev–Trinajstić information content (AvgIpc) is 2.72. The van der Waals surface area contributed by atoms with E-state index < -0.39 is 15.9 Å². The summed E-state index contributed by atoms with van der Waals surface area (Å²) in [6.07, 6.45) is 8.77. The first kappa shape index (κ1) is 21.0. The van der Waals surface area contributed by atoms with Gasteiger partial charge >= 0.3 is 0 Å². The van der Waals surface area contributed by atoms with E-state index in [9.17, 15) is 13.2 Å². The summed E-state index contributed by atoms with van der Waals surface area (Å²) in [4.78, 5) is 11.3. The van der Waals surface area contributed by atoms with Crippen LogP contribution in [0.25, 0.3) is 0 Å². The fraction of sp³-hybridized carbons (Fsp3) is 0.667. The van der Waals surface area contributed by atoms with Gasteiger partial charge in [-0.3, -0.25) is 4.79 Å². The maximum absolute atomic E-state index is 12.2. The van der Waals surface area contributed by atoms with Crippen molar-refractivity contribution in [3.63, 3.8) is 0 Å². The van der Waals surface area contributed by atoms with Crippen LogP contribution >= 0.6 is 12.4 Å². The van der Waals surface area contributed by atoms with Crippen LogP contribution in [0, 0.1) is 0 Å². The first-order chi connectivity index (χ1) is 10.9. The number of sulfonamides is 1. The molecule has 1 aromatic heterocycles. The molecular formula is C15H27ClN4O3S. The maximum atomic E-state index is 12.2. The lowest BCUT2D eigenvalue weighted by Crippen LogP contribution is -2.36. The second-order valence-electron chi connectivity index (χ2n) is 6.08. The van der Waals surface area contributed by atoms with Gasteiger partial charge < -0.3 is 15.6 Å². The van der Waals surface area contributed by atoms with Gasteiger partial charge in [0.15, 0.2) is 0 Å². The zero-order valence-electron chi connectivity index (χ0n) is 14.0. The molecule has 4 N–H and O–H groups in total. The molecule has 0 saturated heterocycles. The van der Waals surface area contributed by atoms with Crippen LogP contribution in [0.4, 0.5) is 0 Å². The Labute approximate surface area is 149 Å². The molecule has 1 aliphatic rings. The van der Waals surface area contributed by atoms with Gasteiger partial charge in [0.25, 0.3) is 5.91 Å². The van der Waals surface area contributed by atoms with Crippen LogP contribution in [0.5, 0.6) is 0 Å². The number of aryl methyl sites for hydroxylation is 1. The van der Waals surface area contributed by atoms with Gasteiger partial charge in [-0.15, -0.1) is 12.4 Å². The molecule has 0 radical (unpaired) electrons. The van der Waals surface area contributed by atoms with E-state index in [-0.39, 0.29) is 23.0 Å². The van der Waals surface area contributed by atoms with Crippen molar-refractivity contribution in [1.29, 1.82) is 0 Å². The second kappa shape index (κ2) is 9.41. The number of carbonyl (C=O) groups is 1. The zero-order valence-corrected chi connectivity index (χ0v) is 15.6. The number of aromatic nitrogens is 1. The number of nitrogens with two attached hydrogens (primary N) is 1. The van der Waals surface area contributed by atoms with Crippen LogP contribution in [-0.4, -0.2) is 38.0 Å². The van der Waals surface area contributed by atoms with Gasteiger partial charge in [0, 0.05) is 32.4 Å². The Morgan fingerprint density at radius 3 is 2.42 bits per heavy atom. The van der Waals surface area contributed by atoms with Gasteiger partial charge in [-0.05, 0) is 18.9 Å². The minimum atomic E-state index is -3.62. The van der Waals surface area contributed by atoms with E-state index in [0.717, 1.165) is 12.8 Å². The number of amides is 1. The molecule has 24 heavy (non-hydrogen) atoms. The van der Waals surface area contributed by atoms with Crippen molar-refractivity contribution < 1.29 is 13.2 Å². The second-order valence-corrected chi connectivity index (χ2v) is 7.84. The maximum Gasteiger partial charge on any atom is 0.265 e. The van der Waals surface area contributed by atoms with Crippen molar-refractivity contribution in [2.24, 2.45) is 12.8 Å². The molecule has 0 unspecified atom stereocenters. The molecule has 9 heteroatoms. The minimum Gasteiger partial charge on any atom is -0.364 e. The largest absolute Gasteiger partial charge is 0.364 e. The Balaban J connectivity index is 0.00000288. The molecule has 1 heterocycles. The van der Waals surface area contributed by atoms with Crippen LogP contribution in [0.3, 0.4) is 0 Å². The lowest BCUT2D eigenvalue weighted by molar-refractivity contribution is 0.0992. The van der Waals surface area contributed by atoms with Gasteiger partial charge in [0.05, 0.1) is 0 Å². The van der Waals surface area contributed by atoms with Gasteiger partial charge in [0.1, 0.15) is 10.6 Å². The summed E-state index contributed by atoms with van der Waals surface area (Å²) in [5.41, 5.74) is 5.37. The van der Waals surface area contributed by atoms with Gasteiger partial charge in [-0.2, -0.15) is 0 Å². The van der Waals surface area contributed by atoms with Crippen molar-refractivity contribution >= 4 is 28.3 Å². The van der Waals surface area contributed by atoms with Crippen LogP contribution < -0.4 is 15.8 Å². The lowest BCUT2D eigenvalue weighted by Gasteiger charge is -2.16. The molecule has 7 nitrogen and oxygen atoms in total. The van der Waals surface area contributed by atoms with Crippen LogP contribution in [0.1, 0.15) is 49.0 Å². The third-order valence-corrected chi connectivity index (χ3v) is 5.68. The smallest absolute Gasteiger partial charge is 0.265 e. The highest BCUT2D eigenvalue weighted by Gasteiger charge is 2.19. The Hall–Kier alpha value is -1.09. The number of nitrogens with zero attached hydrogens (tertiary/aromatic N) is 1. The van der Waals surface area contributed by atoms with Crippen LogP contribution in [0.15, 0.2) is 17.2 Å². The predicted octanol–water partition coefficient (Wildman–Crippen LogP) is 1.14. The Bertz CT molecular complexity index is 637. The molecule has 0 aromatic carbocycles. The monoisotopic (exact) mass is 378 g/mol. The van der Waals surface area contributed by atoms with E-state index in [4.69, 9.17) is 5.73 Å². The van der Waals surface area contributed by atoms with E-state index in [0.29, 0.717) is 19.1 Å². The fourth-order valence-corrected chi connectivity index (χ4v) is 4.06. The molecule has 1 saturated carbocycles. The average molecular weight is 379 g/mol. The molecule has 0 atom stereocenters. The molecule has 1 fully saturated rings. The van der Waals surface area contributed by atoms with E-state index in [1.165, 1.54) is 42.5 Å². The summed E-state index contributed by atoms with van der Waals surface area (Å²) in [7, 11) is -2.03. The number of rotatable bonds is 7. The number of nitrogens with one attached hydrogen (secondary N) is 2. The quantitative estimate of drug-likeness (QED) is 0.488. The number of carbonyl (C=O) groups excluding carboxylic acids is 1. The summed E-state index contributed by atoms with van der Waals surface area (Å²) in [5, 5.41) is 3.41. The number of halogens is 1. The fourth-order valence-electron chi connectivity index (χ4n) is 2.95. The van der Waals surface area contributed by atoms with E-state index >= 15 is 0 Å². The summed E-state index contributed by atoms with van der Waals surface area (Å²) in [6, 6.07) is 1.78. The summed E-state index contributed by atoms with van der Waals surface area (Å²) in [6.45, 7) is 0.916. The predicted molar refractivity (Wildman–Crippen MR) is 95.9 cm³/mol. The van der Waals surface area contributed by atoms with E-state index in [2.05, 4.69) is 10.0 Å². The zero-order chi connectivity index (χ0) is 16.9. The van der Waals surface area contributed by atoms with Gasteiger partial charge in [0.2, 0.25) is 10.0 Å². The molecule has 0 spiro atoms. The Morgan fingerprint density at radius 2 is 1.88 bits per heavy atom. The molecule has 1 aromatic rings. The summed E-state index contributed by atoms with van der Waals surface area (Å²) >= 11 is 0. The Morgan fingerprint density at radius 1 is 1.25 bits per heavy atom. The first-order valence-electron chi connectivity index (χ1n) is 8.09. The highest BCUT2D eigenvalue weighted by molar-refractivity contribution is 7.89. The van der Waals surface area contributed by atoms with Crippen LogP contribution in [0.2, 0.25) is 0 Å². The van der Waals surface area contributed by atoms with Crippen molar-refractivity contribution in [3.8, 4) is 0 Å². The topological polar surface area (TPSA) is 106 Å². The van der Waals surface area contributed by atoms with E-state index in [1.807, 2.05) is 0 Å². The third-order valence-electron chi connectivity index (χ3n) is 4.25. The lowest BCUT2D eigenvalue weighted by atomic mass is 10.1. The van der Waals surface area contributed by atoms with Gasteiger partial charge in [-0.25, -0.2) is 13.1 Å². The van der Waals surface area contributed by atoms with Gasteiger partial charge in [-0.1, -0.05) is 25.7 Å². The van der Waals surface area contributed by atoms with Crippen LogP contribution in [-0.2, 0) is 17.1 Å². The SMILES string of the molecule is Cl.Cn1cc(S(=O)(=O)NCCNC2CCCCCC2)cc1C(N)=O. The summed E-state index contributed by atoms with van der Waals surface area (Å²) in [5.74, 6) is -0.649. The molecule has 0 aliphatic heterocycles. The summed E-state index contributed by atoms with van der Waals surface area (Å²) < 4.78 is 28.4. The standard InChI is InChI=1S/C15H26N4O3S.ClH/c1-19-11-13(10-14(19)15(16)20)23(21,22)18-9-8-17-12-6-4-2-3-5-7-12;/h10-12,17-18H,2-9H2,1H3,(H2,16,20);1H.